The Morgan fingerprint density at radius 1 is 1.44 bits per heavy atom. The topological polar surface area (TPSA) is 3.24 Å². The first-order valence-corrected chi connectivity index (χ1v) is 7.74. The first-order chi connectivity index (χ1) is 7.81. The Kier molecular flexibility index (Phi) is 4.62. The van der Waals surface area contributed by atoms with Crippen LogP contribution >= 0.6 is 39.3 Å². The summed E-state index contributed by atoms with van der Waals surface area (Å²) < 4.78 is 0. The number of rotatable bonds is 4. The summed E-state index contributed by atoms with van der Waals surface area (Å²) in [5.74, 6) is 1.05. The van der Waals surface area contributed by atoms with Crippen molar-refractivity contribution in [3.63, 3.8) is 0 Å². The standard InChI is InChI=1S/C12H13BrClNS/c13-5-2-6-15-9-16-8-12(15)10-3-1-4-11(14)7-10/h1,3-4,7-8H,2,5-6,9H2. The Hall–Kier alpha value is -0.120. The lowest BCUT2D eigenvalue weighted by atomic mass is 10.1. The monoisotopic (exact) mass is 317 g/mol. The first kappa shape index (κ1) is 12.3. The van der Waals surface area contributed by atoms with Gasteiger partial charge in [-0.15, -0.1) is 11.8 Å². The van der Waals surface area contributed by atoms with Gasteiger partial charge in [0.15, 0.2) is 0 Å². The van der Waals surface area contributed by atoms with Crippen molar-refractivity contribution in [3.8, 4) is 0 Å². The van der Waals surface area contributed by atoms with E-state index in [1.54, 1.807) is 0 Å². The highest BCUT2D eigenvalue weighted by atomic mass is 79.9. The molecule has 0 aliphatic carbocycles. The van der Waals surface area contributed by atoms with Gasteiger partial charge in [-0.3, -0.25) is 0 Å². The largest absolute Gasteiger partial charge is 0.361 e. The molecule has 1 heterocycles. The molecule has 4 heteroatoms. The molecule has 0 aromatic heterocycles. The van der Waals surface area contributed by atoms with Crippen LogP contribution in [-0.4, -0.2) is 22.7 Å². The summed E-state index contributed by atoms with van der Waals surface area (Å²) in [6, 6.07) is 8.06. The van der Waals surface area contributed by atoms with Crippen LogP contribution in [0.3, 0.4) is 0 Å². The van der Waals surface area contributed by atoms with Gasteiger partial charge in [0, 0.05) is 16.9 Å². The van der Waals surface area contributed by atoms with Gasteiger partial charge in [-0.25, -0.2) is 0 Å². The third-order valence-corrected chi connectivity index (χ3v) is 4.09. The van der Waals surface area contributed by atoms with Gasteiger partial charge in [0.1, 0.15) is 0 Å². The van der Waals surface area contributed by atoms with Crippen LogP contribution in [0.1, 0.15) is 12.0 Å². The zero-order valence-electron chi connectivity index (χ0n) is 8.83. The van der Waals surface area contributed by atoms with Gasteiger partial charge in [-0.1, -0.05) is 39.7 Å². The average Bonchev–Trinajstić information content (AvgIpc) is 2.74. The number of alkyl halides is 1. The first-order valence-electron chi connectivity index (χ1n) is 5.20. The van der Waals surface area contributed by atoms with E-state index < -0.39 is 0 Å². The van der Waals surface area contributed by atoms with E-state index in [0.717, 1.165) is 22.8 Å². The number of hydrogen-bond donors (Lipinski definition) is 0. The summed E-state index contributed by atoms with van der Waals surface area (Å²) in [7, 11) is 0. The van der Waals surface area contributed by atoms with E-state index in [-0.39, 0.29) is 0 Å². The third kappa shape index (κ3) is 2.96. The van der Waals surface area contributed by atoms with E-state index in [4.69, 9.17) is 11.6 Å². The Labute approximate surface area is 114 Å². The maximum Gasteiger partial charge on any atom is 0.0680 e. The summed E-state index contributed by atoms with van der Waals surface area (Å²) in [6.45, 7) is 1.09. The maximum absolute atomic E-state index is 6.02. The molecule has 0 saturated heterocycles. The quantitative estimate of drug-likeness (QED) is 0.756. The fourth-order valence-corrected chi connectivity index (χ4v) is 3.09. The molecule has 0 bridgehead atoms. The number of nitrogens with zero attached hydrogens (tertiary/aromatic N) is 1. The van der Waals surface area contributed by atoms with Crippen molar-refractivity contribution in [2.75, 3.05) is 17.8 Å². The van der Waals surface area contributed by atoms with Crippen molar-refractivity contribution in [1.29, 1.82) is 0 Å². The molecule has 1 aromatic rings. The lowest BCUT2D eigenvalue weighted by Crippen LogP contribution is -2.19. The molecule has 0 spiro atoms. The third-order valence-electron chi connectivity index (χ3n) is 2.45. The number of thioether (sulfide) groups is 1. The number of benzene rings is 1. The summed E-state index contributed by atoms with van der Waals surface area (Å²) in [5, 5.41) is 4.08. The van der Waals surface area contributed by atoms with Crippen molar-refractivity contribution in [3.05, 3.63) is 40.3 Å². The highest BCUT2D eigenvalue weighted by Crippen LogP contribution is 2.31. The zero-order valence-corrected chi connectivity index (χ0v) is 12.0. The van der Waals surface area contributed by atoms with Crippen LogP contribution in [-0.2, 0) is 0 Å². The Balaban J connectivity index is 2.13. The normalized spacial score (nSPS) is 15.4. The highest BCUT2D eigenvalue weighted by molar-refractivity contribution is 9.09. The van der Waals surface area contributed by atoms with E-state index in [1.807, 2.05) is 30.0 Å². The van der Waals surface area contributed by atoms with Crippen LogP contribution in [0.2, 0.25) is 5.02 Å². The van der Waals surface area contributed by atoms with Crippen LogP contribution in [0.5, 0.6) is 0 Å². The summed E-state index contributed by atoms with van der Waals surface area (Å²) in [5.41, 5.74) is 2.51. The molecule has 0 atom stereocenters. The minimum atomic E-state index is 0.802. The van der Waals surface area contributed by atoms with E-state index in [1.165, 1.54) is 17.7 Å². The average molecular weight is 319 g/mol. The minimum Gasteiger partial charge on any atom is -0.361 e. The van der Waals surface area contributed by atoms with Gasteiger partial charge in [0.2, 0.25) is 0 Å². The Morgan fingerprint density at radius 2 is 2.31 bits per heavy atom. The molecular weight excluding hydrogens is 306 g/mol. The van der Waals surface area contributed by atoms with Crippen LogP contribution in [0.15, 0.2) is 29.7 Å². The fraction of sp³-hybridized carbons (Fsp3) is 0.333. The number of halogens is 2. The lowest BCUT2D eigenvalue weighted by Gasteiger charge is -2.21. The molecule has 0 saturated carbocycles. The smallest absolute Gasteiger partial charge is 0.0680 e. The van der Waals surface area contributed by atoms with E-state index in [2.05, 4.69) is 32.3 Å². The molecule has 0 fully saturated rings. The van der Waals surface area contributed by atoms with E-state index in [9.17, 15) is 0 Å². The van der Waals surface area contributed by atoms with Crippen molar-refractivity contribution in [2.45, 2.75) is 6.42 Å². The van der Waals surface area contributed by atoms with Gasteiger partial charge in [0.05, 0.1) is 11.6 Å². The molecular formula is C12H13BrClNS. The molecule has 1 aromatic carbocycles. The second kappa shape index (κ2) is 5.99. The molecule has 1 nitrogen and oxygen atoms in total. The van der Waals surface area contributed by atoms with Gasteiger partial charge in [0.25, 0.3) is 0 Å². The highest BCUT2D eigenvalue weighted by Gasteiger charge is 2.16. The molecule has 2 rings (SSSR count). The summed E-state index contributed by atoms with van der Waals surface area (Å²) in [6.07, 6.45) is 1.17. The van der Waals surface area contributed by atoms with Crippen molar-refractivity contribution < 1.29 is 0 Å². The molecule has 0 amide bonds. The van der Waals surface area contributed by atoms with E-state index >= 15 is 0 Å². The van der Waals surface area contributed by atoms with Crippen molar-refractivity contribution in [2.24, 2.45) is 0 Å². The van der Waals surface area contributed by atoms with Gasteiger partial charge in [-0.2, -0.15) is 0 Å². The van der Waals surface area contributed by atoms with Gasteiger partial charge in [-0.05, 0) is 29.5 Å². The fourth-order valence-electron chi connectivity index (χ4n) is 1.68. The predicted octanol–water partition coefficient (Wildman–Crippen LogP) is 4.43. The van der Waals surface area contributed by atoms with Crippen molar-refractivity contribution >= 4 is 45.0 Å². The van der Waals surface area contributed by atoms with E-state index in [0.29, 0.717) is 0 Å². The lowest BCUT2D eigenvalue weighted by molar-refractivity contribution is 0.469. The van der Waals surface area contributed by atoms with Crippen LogP contribution < -0.4 is 0 Å². The maximum atomic E-state index is 6.02. The van der Waals surface area contributed by atoms with Crippen LogP contribution in [0, 0.1) is 0 Å². The molecule has 0 unspecified atom stereocenters. The van der Waals surface area contributed by atoms with Gasteiger partial charge < -0.3 is 4.90 Å². The molecule has 1 aliphatic rings. The predicted molar refractivity (Wildman–Crippen MR) is 77.0 cm³/mol. The van der Waals surface area contributed by atoms with Gasteiger partial charge >= 0.3 is 0 Å². The second-order valence-corrected chi connectivity index (χ2v) is 5.67. The number of hydrogen-bond acceptors (Lipinski definition) is 2. The summed E-state index contributed by atoms with van der Waals surface area (Å²) >= 11 is 11.3. The van der Waals surface area contributed by atoms with Crippen LogP contribution in [0.4, 0.5) is 0 Å². The molecule has 1 aliphatic heterocycles. The second-order valence-electron chi connectivity index (χ2n) is 3.62. The Bertz CT molecular complexity index is 394. The molecule has 0 N–H and O–H groups in total. The molecule has 0 radical (unpaired) electrons. The Morgan fingerprint density at radius 3 is 3.06 bits per heavy atom. The van der Waals surface area contributed by atoms with Crippen LogP contribution in [0.25, 0.3) is 5.70 Å². The SMILES string of the molecule is Clc1cccc(C2=CSCN2CCCBr)c1. The molecule has 16 heavy (non-hydrogen) atoms. The summed E-state index contributed by atoms with van der Waals surface area (Å²) in [4.78, 5) is 2.40. The zero-order chi connectivity index (χ0) is 11.4. The molecule has 86 valence electrons. The minimum absolute atomic E-state index is 0.802. The van der Waals surface area contributed by atoms with Crippen molar-refractivity contribution in [1.82, 2.24) is 4.90 Å².